The molecule has 2 aromatic rings. The number of benzene rings is 2. The van der Waals surface area contributed by atoms with Crippen LogP contribution in [0, 0.1) is 0 Å². The molecule has 3 rings (SSSR count). The van der Waals surface area contributed by atoms with Gasteiger partial charge in [0.2, 0.25) is 10.0 Å². The van der Waals surface area contributed by atoms with Crippen LogP contribution in [0.3, 0.4) is 0 Å². The van der Waals surface area contributed by atoms with Crippen LogP contribution in [-0.2, 0) is 28.6 Å². The van der Waals surface area contributed by atoms with Gasteiger partial charge in [-0.25, -0.2) is 13.1 Å². The maximum atomic E-state index is 12.5. The number of hydrogen-bond donors (Lipinski definition) is 1. The first-order chi connectivity index (χ1) is 11.4. The molecule has 0 amide bonds. The predicted molar refractivity (Wildman–Crippen MR) is 99.1 cm³/mol. The molecule has 1 aliphatic carbocycles. The van der Waals surface area contributed by atoms with Crippen molar-refractivity contribution in [2.45, 2.75) is 38.0 Å². The first-order valence-corrected chi connectivity index (χ1v) is 10.3. The Morgan fingerprint density at radius 2 is 1.75 bits per heavy atom. The lowest BCUT2D eigenvalue weighted by atomic mass is 10.0. The lowest BCUT2D eigenvalue weighted by Crippen LogP contribution is -2.28. The van der Waals surface area contributed by atoms with Crippen molar-refractivity contribution in [1.29, 1.82) is 0 Å². The second-order valence-electron chi connectivity index (χ2n) is 6.18. The predicted octanol–water partition coefficient (Wildman–Crippen LogP) is 4.66. The highest BCUT2D eigenvalue weighted by Crippen LogP contribution is 2.28. The quantitative estimate of drug-likeness (QED) is 0.815. The summed E-state index contributed by atoms with van der Waals surface area (Å²) < 4.78 is 27.7. The van der Waals surface area contributed by atoms with Crippen molar-refractivity contribution in [2.24, 2.45) is 0 Å². The fraction of sp³-hybridized carbons (Fsp3) is 0.333. The number of rotatable bonds is 5. The maximum absolute atomic E-state index is 12.5. The number of sulfonamides is 1. The van der Waals surface area contributed by atoms with Crippen LogP contribution in [-0.4, -0.2) is 8.42 Å². The highest BCUT2D eigenvalue weighted by atomic mass is 35.5. The third-order valence-corrected chi connectivity index (χ3v) is 6.46. The largest absolute Gasteiger partial charge is 0.216 e. The van der Waals surface area contributed by atoms with Crippen LogP contribution >= 0.6 is 23.2 Å². The van der Waals surface area contributed by atoms with E-state index in [1.54, 1.807) is 18.2 Å². The lowest BCUT2D eigenvalue weighted by Gasteiger charge is -2.16. The molecule has 24 heavy (non-hydrogen) atoms. The summed E-state index contributed by atoms with van der Waals surface area (Å²) in [5.41, 5.74) is 4.10. The summed E-state index contributed by atoms with van der Waals surface area (Å²) >= 11 is 12.2. The van der Waals surface area contributed by atoms with Gasteiger partial charge in [-0.15, -0.1) is 0 Å². The molecule has 0 aliphatic heterocycles. The van der Waals surface area contributed by atoms with E-state index in [9.17, 15) is 8.42 Å². The maximum Gasteiger partial charge on any atom is 0.216 e. The molecular formula is C18H19Cl2NO2S. The topological polar surface area (TPSA) is 46.2 Å². The van der Waals surface area contributed by atoms with Crippen LogP contribution in [0.4, 0.5) is 0 Å². The van der Waals surface area contributed by atoms with Crippen molar-refractivity contribution in [3.63, 3.8) is 0 Å². The Hall–Kier alpha value is -1.07. The van der Waals surface area contributed by atoms with Gasteiger partial charge in [0.1, 0.15) is 0 Å². The Kier molecular flexibility index (Phi) is 5.21. The zero-order valence-electron chi connectivity index (χ0n) is 13.4. The van der Waals surface area contributed by atoms with Crippen molar-refractivity contribution < 1.29 is 8.42 Å². The average Bonchev–Trinajstić information content (AvgIpc) is 2.98. The minimum Gasteiger partial charge on any atom is -0.212 e. The normalized spacial score (nSPS) is 15.3. The number of fused-ring (bicyclic) bond motifs is 1. The van der Waals surface area contributed by atoms with Gasteiger partial charge < -0.3 is 0 Å². The minimum absolute atomic E-state index is 0.235. The summed E-state index contributed by atoms with van der Waals surface area (Å²) in [6, 6.07) is 10.9. The second-order valence-corrected chi connectivity index (χ2v) is 8.75. The van der Waals surface area contributed by atoms with Gasteiger partial charge in [0.15, 0.2) is 0 Å². The summed E-state index contributed by atoms with van der Waals surface area (Å²) in [5.74, 6) is -0.235. The highest BCUT2D eigenvalue weighted by Gasteiger charge is 2.21. The molecule has 6 heteroatoms. The molecule has 0 saturated carbocycles. The van der Waals surface area contributed by atoms with Gasteiger partial charge in [0.05, 0.1) is 5.75 Å². The van der Waals surface area contributed by atoms with Gasteiger partial charge in [-0.05, 0) is 55.0 Å². The molecule has 3 nitrogen and oxygen atoms in total. The van der Waals surface area contributed by atoms with E-state index in [0.29, 0.717) is 15.6 Å². The van der Waals surface area contributed by atoms with Crippen molar-refractivity contribution in [2.75, 3.05) is 0 Å². The van der Waals surface area contributed by atoms with E-state index in [1.165, 1.54) is 17.5 Å². The molecular weight excluding hydrogens is 365 g/mol. The van der Waals surface area contributed by atoms with E-state index in [0.717, 1.165) is 18.4 Å². The average molecular weight is 384 g/mol. The van der Waals surface area contributed by atoms with E-state index in [-0.39, 0.29) is 11.8 Å². The van der Waals surface area contributed by atoms with Crippen molar-refractivity contribution in [3.8, 4) is 0 Å². The SMILES string of the molecule is C[C@H](NS(=O)(=O)Cc1c(Cl)cccc1Cl)c1ccc2c(c1)CCC2. The number of halogens is 2. The minimum atomic E-state index is -3.56. The molecule has 0 heterocycles. The molecule has 1 atom stereocenters. The van der Waals surface area contributed by atoms with E-state index < -0.39 is 10.0 Å². The highest BCUT2D eigenvalue weighted by molar-refractivity contribution is 7.88. The van der Waals surface area contributed by atoms with Crippen LogP contribution < -0.4 is 4.72 Å². The van der Waals surface area contributed by atoms with Gasteiger partial charge in [0.25, 0.3) is 0 Å². The summed E-state index contributed by atoms with van der Waals surface area (Å²) in [7, 11) is -3.56. The standard InChI is InChI=1S/C18H19Cl2NO2S/c1-12(14-9-8-13-4-2-5-15(13)10-14)21-24(22,23)11-16-17(19)6-3-7-18(16)20/h3,6-10,12,21H,2,4-5,11H2,1H3/t12-/m0/s1. The third kappa shape index (κ3) is 3.94. The van der Waals surface area contributed by atoms with Gasteiger partial charge in [-0.3, -0.25) is 0 Å². The Bertz CT molecular complexity index is 845. The Morgan fingerprint density at radius 1 is 1.08 bits per heavy atom. The Labute approximate surface area is 153 Å². The van der Waals surface area contributed by atoms with Crippen LogP contribution in [0.25, 0.3) is 0 Å². The fourth-order valence-electron chi connectivity index (χ4n) is 3.10. The molecule has 0 fully saturated rings. The molecule has 2 aromatic carbocycles. The first kappa shape index (κ1) is 17.7. The monoisotopic (exact) mass is 383 g/mol. The summed E-state index contributed by atoms with van der Waals surface area (Å²) in [5, 5.41) is 0.719. The lowest BCUT2D eigenvalue weighted by molar-refractivity contribution is 0.566. The zero-order valence-corrected chi connectivity index (χ0v) is 15.7. The number of aryl methyl sites for hydroxylation is 2. The zero-order chi connectivity index (χ0) is 17.3. The van der Waals surface area contributed by atoms with Gasteiger partial charge >= 0.3 is 0 Å². The summed E-state index contributed by atoms with van der Waals surface area (Å²) in [6.45, 7) is 1.85. The molecule has 0 spiro atoms. The van der Waals surface area contributed by atoms with E-state index in [2.05, 4.69) is 16.9 Å². The van der Waals surface area contributed by atoms with Gasteiger partial charge in [0, 0.05) is 21.7 Å². The molecule has 0 saturated heterocycles. The van der Waals surface area contributed by atoms with E-state index >= 15 is 0 Å². The first-order valence-electron chi connectivity index (χ1n) is 7.90. The molecule has 0 aromatic heterocycles. The molecule has 1 N–H and O–H groups in total. The molecule has 128 valence electrons. The summed E-state index contributed by atoms with van der Waals surface area (Å²) in [6.07, 6.45) is 3.35. The van der Waals surface area contributed by atoms with Crippen LogP contribution in [0.1, 0.15) is 41.6 Å². The molecule has 0 unspecified atom stereocenters. The van der Waals surface area contributed by atoms with Crippen molar-refractivity contribution >= 4 is 33.2 Å². The molecule has 0 radical (unpaired) electrons. The second kappa shape index (κ2) is 7.04. The van der Waals surface area contributed by atoms with Crippen LogP contribution in [0.5, 0.6) is 0 Å². The van der Waals surface area contributed by atoms with Crippen molar-refractivity contribution in [3.05, 3.63) is 68.7 Å². The fourth-order valence-corrected chi connectivity index (χ4v) is 5.24. The van der Waals surface area contributed by atoms with E-state index in [1.807, 2.05) is 13.0 Å². The smallest absolute Gasteiger partial charge is 0.212 e. The van der Waals surface area contributed by atoms with E-state index in [4.69, 9.17) is 23.2 Å². The van der Waals surface area contributed by atoms with Crippen molar-refractivity contribution in [1.82, 2.24) is 4.72 Å². The van der Waals surface area contributed by atoms with Gasteiger partial charge in [-0.1, -0.05) is 47.5 Å². The van der Waals surface area contributed by atoms with Crippen LogP contribution in [0.2, 0.25) is 10.0 Å². The Morgan fingerprint density at radius 3 is 2.46 bits per heavy atom. The van der Waals surface area contributed by atoms with Crippen LogP contribution in [0.15, 0.2) is 36.4 Å². The Balaban J connectivity index is 1.76. The number of hydrogen-bond acceptors (Lipinski definition) is 2. The molecule has 0 bridgehead atoms. The number of nitrogens with one attached hydrogen (secondary N) is 1. The molecule has 1 aliphatic rings. The summed E-state index contributed by atoms with van der Waals surface area (Å²) in [4.78, 5) is 0. The third-order valence-electron chi connectivity index (χ3n) is 4.37. The van der Waals surface area contributed by atoms with Gasteiger partial charge in [-0.2, -0.15) is 0 Å².